The number of hydrogen-bond acceptors (Lipinski definition) is 6. The molecule has 3 rings (SSSR count). The van der Waals surface area contributed by atoms with E-state index in [1.807, 2.05) is 12.1 Å². The highest BCUT2D eigenvalue weighted by molar-refractivity contribution is 7.80. The smallest absolute Gasteiger partial charge is 0.169 e. The molecule has 8 heteroatoms. The molecule has 2 N–H and O–H groups in total. The quantitative estimate of drug-likeness (QED) is 0.545. The number of nitrogens with zero attached hydrogens (tertiary/aromatic N) is 1. The molecule has 7 nitrogen and oxygen atoms in total. The third kappa shape index (κ3) is 6.87. The molecule has 1 aromatic carbocycles. The summed E-state index contributed by atoms with van der Waals surface area (Å²) in [6.07, 6.45) is 4.33. The van der Waals surface area contributed by atoms with Crippen LogP contribution in [0.4, 0.5) is 0 Å². The number of hydrogen-bond donors (Lipinski definition) is 2. The molecular formula is C25H41N3O4S. The topological polar surface area (TPSA) is 64.2 Å². The van der Waals surface area contributed by atoms with Crippen LogP contribution in [0.25, 0.3) is 0 Å². The van der Waals surface area contributed by atoms with E-state index in [1.54, 1.807) is 21.3 Å². The molecule has 1 unspecified atom stereocenters. The van der Waals surface area contributed by atoms with Gasteiger partial charge in [-0.3, -0.25) is 0 Å². The first kappa shape index (κ1) is 25.8. The van der Waals surface area contributed by atoms with Crippen molar-refractivity contribution < 1.29 is 18.9 Å². The fourth-order valence-electron chi connectivity index (χ4n) is 5.37. The number of methoxy groups -OCH3 is 3. The van der Waals surface area contributed by atoms with Crippen molar-refractivity contribution in [3.63, 3.8) is 0 Å². The van der Waals surface area contributed by atoms with E-state index < -0.39 is 0 Å². The van der Waals surface area contributed by atoms with Gasteiger partial charge in [-0.05, 0) is 71.7 Å². The highest BCUT2D eigenvalue weighted by atomic mass is 32.1. The molecule has 0 spiro atoms. The lowest BCUT2D eigenvalue weighted by Gasteiger charge is -2.47. The van der Waals surface area contributed by atoms with Gasteiger partial charge in [-0.1, -0.05) is 0 Å². The minimum absolute atomic E-state index is 0.0427. The molecule has 0 bridgehead atoms. The monoisotopic (exact) mass is 479 g/mol. The van der Waals surface area contributed by atoms with Gasteiger partial charge in [-0.2, -0.15) is 0 Å². The van der Waals surface area contributed by atoms with Crippen molar-refractivity contribution in [1.82, 2.24) is 15.5 Å². The predicted octanol–water partition coefficient (Wildman–Crippen LogP) is 3.88. The van der Waals surface area contributed by atoms with E-state index in [0.29, 0.717) is 24.1 Å². The van der Waals surface area contributed by atoms with Crippen molar-refractivity contribution >= 4 is 17.3 Å². The normalized spacial score (nSPS) is 22.0. The molecule has 2 fully saturated rings. The number of ether oxygens (including phenoxy) is 4. The van der Waals surface area contributed by atoms with Gasteiger partial charge in [0.05, 0.1) is 27.4 Å². The summed E-state index contributed by atoms with van der Waals surface area (Å²) in [5.74, 6) is 2.06. The largest absolute Gasteiger partial charge is 0.496 e. The molecule has 0 amide bonds. The van der Waals surface area contributed by atoms with E-state index in [9.17, 15) is 0 Å². The minimum atomic E-state index is 0.0427. The number of rotatable bonds is 8. The molecule has 1 aromatic rings. The summed E-state index contributed by atoms with van der Waals surface area (Å²) >= 11 is 5.97. The minimum Gasteiger partial charge on any atom is -0.496 e. The van der Waals surface area contributed by atoms with E-state index in [2.05, 4.69) is 43.2 Å². The second-order valence-electron chi connectivity index (χ2n) is 10.5. The van der Waals surface area contributed by atoms with Crippen molar-refractivity contribution in [2.45, 2.75) is 83.1 Å². The molecule has 0 radical (unpaired) electrons. The summed E-state index contributed by atoms with van der Waals surface area (Å²) in [5.41, 5.74) is 1.07. The Morgan fingerprint density at radius 2 is 1.67 bits per heavy atom. The Hall–Kier alpha value is -1.77. The second kappa shape index (κ2) is 10.7. The van der Waals surface area contributed by atoms with E-state index in [-0.39, 0.29) is 17.2 Å². The van der Waals surface area contributed by atoms with Crippen molar-refractivity contribution in [2.75, 3.05) is 34.5 Å². The fraction of sp³-hybridized carbons (Fsp3) is 0.720. The Kier molecular flexibility index (Phi) is 8.35. The second-order valence-corrected chi connectivity index (χ2v) is 10.9. The molecule has 2 heterocycles. The van der Waals surface area contributed by atoms with Crippen LogP contribution in [0.3, 0.4) is 0 Å². The van der Waals surface area contributed by atoms with Gasteiger partial charge < -0.3 is 34.5 Å². The van der Waals surface area contributed by atoms with Crippen LogP contribution in [0.2, 0.25) is 0 Å². The molecule has 186 valence electrons. The van der Waals surface area contributed by atoms with Gasteiger partial charge >= 0.3 is 0 Å². The van der Waals surface area contributed by atoms with E-state index in [4.69, 9.17) is 31.2 Å². The SMILES string of the molecule is COc1cc(OC)c(OC)cc1CN(CC1CCCO1)C(=S)NC1CC(C)(C)NC(C)(C)C1. The molecule has 2 aliphatic rings. The summed E-state index contributed by atoms with van der Waals surface area (Å²) in [4.78, 5) is 2.21. The Balaban J connectivity index is 1.82. The lowest BCUT2D eigenvalue weighted by molar-refractivity contribution is 0.0885. The third-order valence-electron chi connectivity index (χ3n) is 6.40. The maximum Gasteiger partial charge on any atom is 0.169 e. The van der Waals surface area contributed by atoms with E-state index >= 15 is 0 Å². The number of benzene rings is 1. The Bertz CT molecular complexity index is 808. The zero-order chi connectivity index (χ0) is 24.2. The maximum atomic E-state index is 5.97. The first-order valence-corrected chi connectivity index (χ1v) is 12.2. The van der Waals surface area contributed by atoms with Crippen LogP contribution in [-0.4, -0.2) is 67.7 Å². The Morgan fingerprint density at radius 1 is 1.06 bits per heavy atom. The molecule has 0 aliphatic carbocycles. The van der Waals surface area contributed by atoms with Gasteiger partial charge in [0.1, 0.15) is 5.75 Å². The van der Waals surface area contributed by atoms with E-state index in [0.717, 1.165) is 55.3 Å². The van der Waals surface area contributed by atoms with Gasteiger partial charge in [0, 0.05) is 48.4 Å². The first-order valence-electron chi connectivity index (χ1n) is 11.8. The van der Waals surface area contributed by atoms with Gasteiger partial charge in [0.25, 0.3) is 0 Å². The van der Waals surface area contributed by atoms with Crippen LogP contribution >= 0.6 is 12.2 Å². The van der Waals surface area contributed by atoms with Gasteiger partial charge in [-0.25, -0.2) is 0 Å². The highest BCUT2D eigenvalue weighted by Crippen LogP contribution is 2.35. The van der Waals surface area contributed by atoms with Gasteiger partial charge in [0.2, 0.25) is 0 Å². The lowest BCUT2D eigenvalue weighted by atomic mass is 9.80. The molecular weight excluding hydrogens is 438 g/mol. The van der Waals surface area contributed by atoms with Gasteiger partial charge in [-0.15, -0.1) is 0 Å². The lowest BCUT2D eigenvalue weighted by Crippen LogP contribution is -2.63. The van der Waals surface area contributed by atoms with Crippen LogP contribution in [0.5, 0.6) is 17.2 Å². The standard InChI is InChI=1S/C25H41N3O4S/c1-24(2)13-18(14-25(3,4)27-24)26-23(33)28(16-19-9-8-10-32-19)15-17-11-21(30-6)22(31-7)12-20(17)29-5/h11-12,18-19,27H,8-10,13-16H2,1-7H3,(H,26,33). The Labute approximate surface area is 204 Å². The van der Waals surface area contributed by atoms with Crippen LogP contribution < -0.4 is 24.8 Å². The maximum absolute atomic E-state index is 5.97. The zero-order valence-electron chi connectivity index (χ0n) is 21.2. The summed E-state index contributed by atoms with van der Waals surface area (Å²) < 4.78 is 22.6. The van der Waals surface area contributed by atoms with E-state index in [1.165, 1.54) is 0 Å². The molecule has 2 aliphatic heterocycles. The van der Waals surface area contributed by atoms with Crippen LogP contribution in [0.1, 0.15) is 58.9 Å². The molecule has 0 saturated carbocycles. The predicted molar refractivity (Wildman–Crippen MR) is 136 cm³/mol. The van der Waals surface area contributed by atoms with Crippen molar-refractivity contribution in [1.29, 1.82) is 0 Å². The van der Waals surface area contributed by atoms with Crippen molar-refractivity contribution in [3.8, 4) is 17.2 Å². The molecule has 0 aromatic heterocycles. The van der Waals surface area contributed by atoms with Crippen LogP contribution in [0, 0.1) is 0 Å². The summed E-state index contributed by atoms with van der Waals surface area (Å²) in [6.45, 7) is 11.2. The summed E-state index contributed by atoms with van der Waals surface area (Å²) in [7, 11) is 4.94. The molecule has 33 heavy (non-hydrogen) atoms. The van der Waals surface area contributed by atoms with Crippen molar-refractivity contribution in [2.24, 2.45) is 0 Å². The summed E-state index contributed by atoms with van der Waals surface area (Å²) in [5, 5.41) is 8.17. The molecule has 1 atom stereocenters. The first-order chi connectivity index (χ1) is 15.6. The number of thiocarbonyl (C=S) groups is 1. The Morgan fingerprint density at radius 3 is 2.21 bits per heavy atom. The van der Waals surface area contributed by atoms with Crippen LogP contribution in [0.15, 0.2) is 12.1 Å². The average Bonchev–Trinajstić information content (AvgIpc) is 3.23. The van der Waals surface area contributed by atoms with Crippen molar-refractivity contribution in [3.05, 3.63) is 17.7 Å². The van der Waals surface area contributed by atoms with Crippen LogP contribution in [-0.2, 0) is 11.3 Å². The van der Waals surface area contributed by atoms with Gasteiger partial charge in [0.15, 0.2) is 16.6 Å². The fourth-order valence-corrected chi connectivity index (χ4v) is 5.67. The number of piperidine rings is 1. The summed E-state index contributed by atoms with van der Waals surface area (Å²) in [6, 6.07) is 4.13. The highest BCUT2D eigenvalue weighted by Gasteiger charge is 2.38. The average molecular weight is 480 g/mol. The molecule has 2 saturated heterocycles. The number of nitrogens with one attached hydrogen (secondary N) is 2. The zero-order valence-corrected chi connectivity index (χ0v) is 22.1. The third-order valence-corrected chi connectivity index (χ3v) is 6.78.